The topological polar surface area (TPSA) is 75.6 Å². The van der Waals surface area contributed by atoms with Crippen LogP contribution in [0.25, 0.3) is 6.08 Å². The predicted octanol–water partition coefficient (Wildman–Crippen LogP) is 1.92. The quantitative estimate of drug-likeness (QED) is 0.814. The Morgan fingerprint density at radius 2 is 2.40 bits per heavy atom. The molecule has 1 aromatic heterocycles. The molecule has 1 aliphatic rings. The second-order valence-electron chi connectivity index (χ2n) is 4.77. The van der Waals surface area contributed by atoms with Crippen LogP contribution in [0.4, 0.5) is 0 Å². The van der Waals surface area contributed by atoms with Crippen molar-refractivity contribution in [3.05, 3.63) is 27.5 Å². The summed E-state index contributed by atoms with van der Waals surface area (Å²) >= 11 is 1.30. The molecule has 0 aromatic carbocycles. The number of aliphatic carboxylic acids is 1. The first-order valence-corrected chi connectivity index (χ1v) is 7.25. The monoisotopic (exact) mass is 295 g/mol. The second-order valence-corrected chi connectivity index (χ2v) is 5.85. The molecular weight excluding hydrogens is 278 g/mol. The number of carbonyl (C=O) groups excluding carboxylic acids is 1. The number of amides is 1. The van der Waals surface area contributed by atoms with Crippen molar-refractivity contribution in [3.63, 3.8) is 0 Å². The molecule has 2 heterocycles. The first kappa shape index (κ1) is 14.7. The molecule has 1 saturated heterocycles. The zero-order valence-electron chi connectivity index (χ0n) is 11.2. The van der Waals surface area contributed by atoms with Crippen LogP contribution in [0.1, 0.15) is 26.5 Å². The Bertz CT molecular complexity index is 529. The van der Waals surface area contributed by atoms with Gasteiger partial charge in [-0.15, -0.1) is 11.3 Å². The van der Waals surface area contributed by atoms with Crippen LogP contribution in [-0.4, -0.2) is 36.7 Å². The Morgan fingerprint density at radius 1 is 1.60 bits per heavy atom. The zero-order chi connectivity index (χ0) is 14.5. The maximum atomic E-state index is 12.0. The summed E-state index contributed by atoms with van der Waals surface area (Å²) in [4.78, 5) is 23.9. The molecule has 2 rings (SSSR count). The zero-order valence-corrected chi connectivity index (χ0v) is 12.0. The highest BCUT2D eigenvalue weighted by molar-refractivity contribution is 7.15. The van der Waals surface area contributed by atoms with Crippen molar-refractivity contribution in [1.82, 2.24) is 5.32 Å². The van der Waals surface area contributed by atoms with Crippen LogP contribution in [0.5, 0.6) is 0 Å². The molecule has 1 unspecified atom stereocenters. The molecule has 1 aromatic rings. The van der Waals surface area contributed by atoms with Crippen LogP contribution in [0.3, 0.4) is 0 Å². The molecule has 1 atom stereocenters. The van der Waals surface area contributed by atoms with Gasteiger partial charge in [0.25, 0.3) is 5.91 Å². The van der Waals surface area contributed by atoms with Crippen molar-refractivity contribution in [1.29, 1.82) is 0 Å². The highest BCUT2D eigenvalue weighted by atomic mass is 32.1. The molecule has 1 fully saturated rings. The van der Waals surface area contributed by atoms with E-state index in [4.69, 9.17) is 9.84 Å². The highest BCUT2D eigenvalue weighted by Crippen LogP contribution is 2.23. The highest BCUT2D eigenvalue weighted by Gasteiger charge is 2.17. The van der Waals surface area contributed by atoms with E-state index in [9.17, 15) is 9.59 Å². The van der Waals surface area contributed by atoms with Crippen LogP contribution >= 0.6 is 11.3 Å². The van der Waals surface area contributed by atoms with Gasteiger partial charge in [-0.1, -0.05) is 0 Å². The fourth-order valence-electron chi connectivity index (χ4n) is 1.99. The van der Waals surface area contributed by atoms with E-state index < -0.39 is 5.97 Å². The summed E-state index contributed by atoms with van der Waals surface area (Å²) in [6.07, 6.45) is 3.58. The van der Waals surface area contributed by atoms with Gasteiger partial charge in [0.2, 0.25) is 0 Å². The van der Waals surface area contributed by atoms with Crippen molar-refractivity contribution in [2.75, 3.05) is 19.8 Å². The maximum absolute atomic E-state index is 12.0. The Kier molecular flexibility index (Phi) is 4.92. The lowest BCUT2D eigenvalue weighted by molar-refractivity contribution is -0.131. The summed E-state index contributed by atoms with van der Waals surface area (Å²) in [5.74, 6) is -0.712. The first-order chi connectivity index (χ1) is 9.56. The Labute approximate surface area is 121 Å². The van der Waals surface area contributed by atoms with E-state index in [1.54, 1.807) is 6.07 Å². The Balaban J connectivity index is 1.95. The molecule has 0 aliphatic carbocycles. The van der Waals surface area contributed by atoms with Crippen molar-refractivity contribution in [3.8, 4) is 0 Å². The molecule has 0 radical (unpaired) electrons. The Morgan fingerprint density at radius 3 is 3.05 bits per heavy atom. The molecule has 0 spiro atoms. The minimum Gasteiger partial charge on any atom is -0.478 e. The molecular formula is C14H17NO4S. The van der Waals surface area contributed by atoms with Gasteiger partial charge in [-0.05, 0) is 31.1 Å². The van der Waals surface area contributed by atoms with E-state index in [0.29, 0.717) is 23.9 Å². The van der Waals surface area contributed by atoms with Crippen molar-refractivity contribution in [2.45, 2.75) is 13.3 Å². The normalized spacial score (nSPS) is 18.6. The number of hydrogen-bond acceptors (Lipinski definition) is 4. The molecule has 0 saturated carbocycles. The van der Waals surface area contributed by atoms with Gasteiger partial charge in [0.15, 0.2) is 0 Å². The second kappa shape index (κ2) is 6.67. The van der Waals surface area contributed by atoms with Crippen molar-refractivity contribution < 1.29 is 19.4 Å². The molecule has 6 heteroatoms. The van der Waals surface area contributed by atoms with Gasteiger partial charge in [-0.3, -0.25) is 4.79 Å². The number of nitrogens with one attached hydrogen (secondary N) is 1. The lowest BCUT2D eigenvalue weighted by Gasteiger charge is -2.08. The minimum atomic E-state index is -0.995. The van der Waals surface area contributed by atoms with Gasteiger partial charge in [0.1, 0.15) is 0 Å². The summed E-state index contributed by atoms with van der Waals surface area (Å²) < 4.78 is 5.26. The third-order valence-electron chi connectivity index (χ3n) is 3.13. The number of aryl methyl sites for hydroxylation is 1. The summed E-state index contributed by atoms with van der Waals surface area (Å²) in [5, 5.41) is 11.5. The predicted molar refractivity (Wildman–Crippen MR) is 77.0 cm³/mol. The van der Waals surface area contributed by atoms with Crippen molar-refractivity contribution >= 4 is 29.3 Å². The standard InChI is InChI=1S/C14H17NO4S/c1-9-6-12(20-11(9)2-3-13(16)17)14(18)15-7-10-4-5-19-8-10/h2-3,6,10H,4-5,7-8H2,1H3,(H,15,18)(H,16,17)/b3-2+. The van der Waals surface area contributed by atoms with Gasteiger partial charge >= 0.3 is 5.97 Å². The van der Waals surface area contributed by atoms with E-state index in [0.717, 1.165) is 29.5 Å². The molecule has 0 bridgehead atoms. The largest absolute Gasteiger partial charge is 0.478 e. The maximum Gasteiger partial charge on any atom is 0.328 e. The van der Waals surface area contributed by atoms with Crippen LogP contribution in [0.15, 0.2) is 12.1 Å². The van der Waals surface area contributed by atoms with E-state index >= 15 is 0 Å². The van der Waals surface area contributed by atoms with E-state index in [2.05, 4.69) is 5.32 Å². The third-order valence-corrected chi connectivity index (χ3v) is 4.33. The lowest BCUT2D eigenvalue weighted by Crippen LogP contribution is -2.28. The number of rotatable bonds is 5. The van der Waals surface area contributed by atoms with E-state index in [1.807, 2.05) is 6.92 Å². The summed E-state index contributed by atoms with van der Waals surface area (Å²) in [7, 11) is 0. The molecule has 2 N–H and O–H groups in total. The summed E-state index contributed by atoms with van der Waals surface area (Å²) in [5.41, 5.74) is 0.904. The van der Waals surface area contributed by atoms with Crippen LogP contribution < -0.4 is 5.32 Å². The summed E-state index contributed by atoms with van der Waals surface area (Å²) in [6.45, 7) is 3.95. The molecule has 108 valence electrons. The average molecular weight is 295 g/mol. The third kappa shape index (κ3) is 3.91. The number of hydrogen-bond donors (Lipinski definition) is 2. The van der Waals surface area contributed by atoms with E-state index in [-0.39, 0.29) is 5.91 Å². The fraction of sp³-hybridized carbons (Fsp3) is 0.429. The van der Waals surface area contributed by atoms with Crippen LogP contribution in [0.2, 0.25) is 0 Å². The average Bonchev–Trinajstić information content (AvgIpc) is 3.03. The molecule has 1 amide bonds. The van der Waals surface area contributed by atoms with Gasteiger partial charge in [-0.2, -0.15) is 0 Å². The minimum absolute atomic E-state index is 0.111. The van der Waals surface area contributed by atoms with Gasteiger partial charge < -0.3 is 15.2 Å². The SMILES string of the molecule is Cc1cc(C(=O)NCC2CCOC2)sc1/C=C/C(=O)O. The van der Waals surface area contributed by atoms with Crippen LogP contribution in [-0.2, 0) is 9.53 Å². The smallest absolute Gasteiger partial charge is 0.328 e. The fourth-order valence-corrected chi connectivity index (χ4v) is 2.98. The number of carboxylic acids is 1. The summed E-state index contributed by atoms with van der Waals surface area (Å²) in [6, 6.07) is 1.78. The molecule has 20 heavy (non-hydrogen) atoms. The molecule has 1 aliphatic heterocycles. The van der Waals surface area contributed by atoms with Gasteiger partial charge in [0.05, 0.1) is 11.5 Å². The number of thiophene rings is 1. The Hall–Kier alpha value is -1.66. The lowest BCUT2D eigenvalue weighted by atomic mass is 10.1. The van der Waals surface area contributed by atoms with Gasteiger partial charge in [0, 0.05) is 30.0 Å². The first-order valence-electron chi connectivity index (χ1n) is 6.43. The molecule has 5 nitrogen and oxygen atoms in total. The number of carbonyl (C=O) groups is 2. The van der Waals surface area contributed by atoms with Gasteiger partial charge in [-0.25, -0.2) is 4.79 Å². The van der Waals surface area contributed by atoms with E-state index in [1.165, 1.54) is 17.4 Å². The van der Waals surface area contributed by atoms with Crippen LogP contribution in [0, 0.1) is 12.8 Å². The number of carboxylic acid groups (broad SMARTS) is 1. The van der Waals surface area contributed by atoms with Crippen molar-refractivity contribution in [2.24, 2.45) is 5.92 Å². The number of ether oxygens (including phenoxy) is 1.